The average molecular weight is 216 g/mol. The fourth-order valence-corrected chi connectivity index (χ4v) is 2.05. The molecule has 2 aromatic carbocycles. The van der Waals surface area contributed by atoms with Crippen molar-refractivity contribution in [3.05, 3.63) is 30.3 Å². The molecule has 0 aromatic heterocycles. The molecule has 3 heteroatoms. The van der Waals surface area contributed by atoms with Crippen LogP contribution in [0, 0.1) is 0 Å². The third kappa shape index (κ3) is 1.21. The van der Waals surface area contributed by atoms with E-state index in [9.17, 15) is 5.11 Å². The van der Waals surface area contributed by atoms with E-state index in [1.54, 1.807) is 12.1 Å². The first kappa shape index (κ1) is 9.33. The van der Waals surface area contributed by atoms with Crippen molar-refractivity contribution < 1.29 is 14.6 Å². The number of benzene rings is 2. The number of hydrogen-bond acceptors (Lipinski definition) is 3. The van der Waals surface area contributed by atoms with Crippen molar-refractivity contribution in [1.29, 1.82) is 0 Å². The Balaban J connectivity index is 2.39. The maximum Gasteiger partial charge on any atom is 0.245 e. The largest absolute Gasteiger partial charge is 0.507 e. The van der Waals surface area contributed by atoms with Crippen LogP contribution < -0.4 is 9.47 Å². The molecule has 1 N–H and O–H groups in total. The third-order valence-electron chi connectivity index (χ3n) is 2.65. The Kier molecular flexibility index (Phi) is 1.64. The smallest absolute Gasteiger partial charge is 0.245 e. The molecule has 3 rings (SSSR count). The van der Waals surface area contributed by atoms with Gasteiger partial charge >= 0.3 is 0 Å². The normalized spacial score (nSPS) is 16.6. The van der Waals surface area contributed by atoms with E-state index in [4.69, 9.17) is 9.47 Å². The van der Waals surface area contributed by atoms with Gasteiger partial charge in [0.15, 0.2) is 0 Å². The minimum absolute atomic E-state index is 0.243. The lowest BCUT2D eigenvalue weighted by atomic mass is 10.1. The molecule has 0 aliphatic carbocycles. The maximum absolute atomic E-state index is 9.76. The Hall–Kier alpha value is -1.90. The van der Waals surface area contributed by atoms with Crippen LogP contribution in [0.15, 0.2) is 30.3 Å². The van der Waals surface area contributed by atoms with Gasteiger partial charge in [-0.15, -0.1) is 0 Å². The van der Waals surface area contributed by atoms with E-state index in [0.717, 1.165) is 22.3 Å². The van der Waals surface area contributed by atoms with Crippen LogP contribution in [0.4, 0.5) is 0 Å². The standard InChI is InChI=1S/C13H12O3/c1-13(2)15-10-5-3-4-8-9(14)6-7-11(16-13)12(8)10/h3-7,14H,1-2H3. The Morgan fingerprint density at radius 3 is 2.44 bits per heavy atom. The van der Waals surface area contributed by atoms with Gasteiger partial charge in [-0.05, 0) is 18.2 Å². The minimum Gasteiger partial charge on any atom is -0.507 e. The Morgan fingerprint density at radius 1 is 1.00 bits per heavy atom. The monoisotopic (exact) mass is 216 g/mol. The molecule has 2 aromatic rings. The van der Waals surface area contributed by atoms with Crippen LogP contribution in [-0.4, -0.2) is 10.9 Å². The molecular weight excluding hydrogens is 204 g/mol. The first-order chi connectivity index (χ1) is 7.57. The third-order valence-corrected chi connectivity index (χ3v) is 2.65. The Labute approximate surface area is 93.2 Å². The molecule has 0 saturated heterocycles. The first-order valence-corrected chi connectivity index (χ1v) is 5.19. The predicted molar refractivity (Wildman–Crippen MR) is 60.9 cm³/mol. The highest BCUT2D eigenvalue weighted by Crippen LogP contribution is 2.44. The maximum atomic E-state index is 9.76. The molecule has 0 radical (unpaired) electrons. The van der Waals surface area contributed by atoms with E-state index < -0.39 is 5.79 Å². The van der Waals surface area contributed by atoms with E-state index >= 15 is 0 Å². The molecule has 82 valence electrons. The number of hydrogen-bond donors (Lipinski definition) is 1. The summed E-state index contributed by atoms with van der Waals surface area (Å²) in [6.07, 6.45) is 0. The van der Waals surface area contributed by atoms with Crippen LogP contribution in [-0.2, 0) is 0 Å². The molecule has 0 saturated carbocycles. The van der Waals surface area contributed by atoms with Gasteiger partial charge < -0.3 is 14.6 Å². The average Bonchev–Trinajstić information content (AvgIpc) is 2.21. The zero-order valence-corrected chi connectivity index (χ0v) is 9.15. The zero-order valence-electron chi connectivity index (χ0n) is 9.15. The van der Waals surface area contributed by atoms with Gasteiger partial charge in [0.25, 0.3) is 0 Å². The van der Waals surface area contributed by atoms with E-state index in [2.05, 4.69) is 0 Å². The first-order valence-electron chi connectivity index (χ1n) is 5.19. The molecular formula is C13H12O3. The van der Waals surface area contributed by atoms with Crippen molar-refractivity contribution in [3.63, 3.8) is 0 Å². The van der Waals surface area contributed by atoms with E-state index in [1.807, 2.05) is 32.0 Å². The van der Waals surface area contributed by atoms with Crippen molar-refractivity contribution in [2.45, 2.75) is 19.6 Å². The molecule has 0 unspecified atom stereocenters. The van der Waals surface area contributed by atoms with Crippen LogP contribution in [0.25, 0.3) is 10.8 Å². The molecule has 1 aliphatic rings. The second-order valence-corrected chi connectivity index (χ2v) is 4.37. The highest BCUT2D eigenvalue weighted by Gasteiger charge is 2.29. The van der Waals surface area contributed by atoms with Crippen LogP contribution >= 0.6 is 0 Å². The van der Waals surface area contributed by atoms with Crippen LogP contribution in [0.1, 0.15) is 13.8 Å². The highest BCUT2D eigenvalue weighted by atomic mass is 16.7. The van der Waals surface area contributed by atoms with E-state index in [-0.39, 0.29) is 5.75 Å². The second kappa shape index (κ2) is 2.82. The zero-order chi connectivity index (χ0) is 11.3. The SMILES string of the molecule is CC1(C)Oc2cccc3c(O)ccc(c23)O1. The summed E-state index contributed by atoms with van der Waals surface area (Å²) in [5.74, 6) is 1.07. The Bertz CT molecular complexity index is 558. The van der Waals surface area contributed by atoms with Gasteiger partial charge in [-0.3, -0.25) is 0 Å². The summed E-state index contributed by atoms with van der Waals surface area (Å²) in [6, 6.07) is 9.01. The van der Waals surface area contributed by atoms with Crippen molar-refractivity contribution in [1.82, 2.24) is 0 Å². The molecule has 3 nitrogen and oxygen atoms in total. The second-order valence-electron chi connectivity index (χ2n) is 4.37. The fraction of sp³-hybridized carbons (Fsp3) is 0.231. The van der Waals surface area contributed by atoms with Crippen molar-refractivity contribution in [2.24, 2.45) is 0 Å². The summed E-state index contributed by atoms with van der Waals surface area (Å²) in [4.78, 5) is 0. The summed E-state index contributed by atoms with van der Waals surface area (Å²) in [5.41, 5.74) is 0. The number of aromatic hydroxyl groups is 1. The Morgan fingerprint density at radius 2 is 1.69 bits per heavy atom. The lowest BCUT2D eigenvalue weighted by molar-refractivity contribution is -0.0861. The molecule has 0 fully saturated rings. The summed E-state index contributed by atoms with van der Waals surface area (Å²) >= 11 is 0. The molecule has 16 heavy (non-hydrogen) atoms. The topological polar surface area (TPSA) is 38.7 Å². The summed E-state index contributed by atoms with van der Waals surface area (Å²) < 4.78 is 11.4. The summed E-state index contributed by atoms with van der Waals surface area (Å²) in [6.45, 7) is 3.73. The van der Waals surface area contributed by atoms with Gasteiger partial charge in [0.2, 0.25) is 5.79 Å². The van der Waals surface area contributed by atoms with Crippen molar-refractivity contribution in [2.75, 3.05) is 0 Å². The molecule has 0 amide bonds. The van der Waals surface area contributed by atoms with E-state index in [1.165, 1.54) is 0 Å². The van der Waals surface area contributed by atoms with Crippen molar-refractivity contribution >= 4 is 10.8 Å². The van der Waals surface area contributed by atoms with Crippen LogP contribution in [0.5, 0.6) is 17.2 Å². The summed E-state index contributed by atoms with van der Waals surface area (Å²) in [7, 11) is 0. The van der Waals surface area contributed by atoms with Gasteiger partial charge in [0.05, 0.1) is 5.39 Å². The van der Waals surface area contributed by atoms with Crippen LogP contribution in [0.2, 0.25) is 0 Å². The molecule has 0 spiro atoms. The number of ether oxygens (including phenoxy) is 2. The van der Waals surface area contributed by atoms with Gasteiger partial charge in [-0.2, -0.15) is 0 Å². The number of phenols is 1. The van der Waals surface area contributed by atoms with Gasteiger partial charge in [0, 0.05) is 19.2 Å². The summed E-state index contributed by atoms with van der Waals surface area (Å²) in [5, 5.41) is 11.3. The quantitative estimate of drug-likeness (QED) is 0.735. The molecule has 0 bridgehead atoms. The number of rotatable bonds is 0. The van der Waals surface area contributed by atoms with Gasteiger partial charge in [-0.25, -0.2) is 0 Å². The van der Waals surface area contributed by atoms with E-state index in [0.29, 0.717) is 0 Å². The number of phenolic OH excluding ortho intramolecular Hbond substituents is 1. The van der Waals surface area contributed by atoms with Gasteiger partial charge in [-0.1, -0.05) is 12.1 Å². The lowest BCUT2D eigenvalue weighted by Crippen LogP contribution is -2.37. The van der Waals surface area contributed by atoms with Crippen LogP contribution in [0.3, 0.4) is 0 Å². The minimum atomic E-state index is -0.668. The lowest BCUT2D eigenvalue weighted by Gasteiger charge is -2.33. The van der Waals surface area contributed by atoms with Crippen molar-refractivity contribution in [3.8, 4) is 17.2 Å². The molecule has 1 aliphatic heterocycles. The highest BCUT2D eigenvalue weighted by molar-refractivity contribution is 5.98. The fourth-order valence-electron chi connectivity index (χ4n) is 2.05. The molecule has 1 heterocycles. The van der Waals surface area contributed by atoms with Gasteiger partial charge in [0.1, 0.15) is 17.2 Å². The molecule has 0 atom stereocenters. The predicted octanol–water partition coefficient (Wildman–Crippen LogP) is 3.05.